The van der Waals surface area contributed by atoms with E-state index in [2.05, 4.69) is 5.32 Å². The SMILES string of the molecule is COC(=O)C1CC(C(=O)NCc2ccc(OC)cc2)N(S(=O)(=O)c2ccccc2)C1c1ccc(Cl)cc1. The van der Waals surface area contributed by atoms with Crippen LogP contribution in [0.1, 0.15) is 23.6 Å². The molecule has 1 heterocycles. The lowest BCUT2D eigenvalue weighted by molar-refractivity contribution is -0.146. The van der Waals surface area contributed by atoms with Crippen LogP contribution in [0.5, 0.6) is 5.75 Å². The van der Waals surface area contributed by atoms with Crippen LogP contribution < -0.4 is 10.1 Å². The number of ether oxygens (including phenoxy) is 2. The van der Waals surface area contributed by atoms with E-state index in [-0.39, 0.29) is 17.9 Å². The van der Waals surface area contributed by atoms with Gasteiger partial charge in [-0.15, -0.1) is 0 Å². The lowest BCUT2D eigenvalue weighted by Gasteiger charge is -2.30. The molecule has 0 spiro atoms. The summed E-state index contributed by atoms with van der Waals surface area (Å²) in [6, 6.07) is 19.5. The fourth-order valence-corrected chi connectivity index (χ4v) is 6.52. The van der Waals surface area contributed by atoms with E-state index in [9.17, 15) is 18.0 Å². The zero-order chi connectivity index (χ0) is 26.6. The first kappa shape index (κ1) is 26.7. The zero-order valence-electron chi connectivity index (χ0n) is 20.3. The number of methoxy groups -OCH3 is 2. The van der Waals surface area contributed by atoms with Gasteiger partial charge in [0.05, 0.1) is 31.1 Å². The summed E-state index contributed by atoms with van der Waals surface area (Å²) in [6.45, 7) is 0.174. The molecule has 1 saturated heterocycles. The topological polar surface area (TPSA) is 102 Å². The van der Waals surface area contributed by atoms with Gasteiger partial charge in [-0.1, -0.05) is 54.1 Å². The van der Waals surface area contributed by atoms with E-state index in [1.54, 1.807) is 73.8 Å². The summed E-state index contributed by atoms with van der Waals surface area (Å²) in [5, 5.41) is 3.29. The van der Waals surface area contributed by atoms with Crippen LogP contribution in [0.4, 0.5) is 0 Å². The third-order valence-electron chi connectivity index (χ3n) is 6.40. The minimum Gasteiger partial charge on any atom is -0.497 e. The van der Waals surface area contributed by atoms with Crippen molar-refractivity contribution in [3.05, 3.63) is 95.0 Å². The second-order valence-electron chi connectivity index (χ2n) is 8.59. The minimum absolute atomic E-state index is 0.0208. The van der Waals surface area contributed by atoms with Crippen molar-refractivity contribution in [3.8, 4) is 5.75 Å². The molecule has 1 N–H and O–H groups in total. The van der Waals surface area contributed by atoms with Crippen molar-refractivity contribution in [2.45, 2.75) is 29.9 Å². The van der Waals surface area contributed by atoms with Crippen molar-refractivity contribution in [3.63, 3.8) is 0 Å². The molecule has 0 aliphatic carbocycles. The molecule has 0 aromatic heterocycles. The third-order valence-corrected chi connectivity index (χ3v) is 8.56. The molecule has 0 bridgehead atoms. The maximum absolute atomic E-state index is 14.0. The van der Waals surface area contributed by atoms with Crippen LogP contribution >= 0.6 is 11.6 Å². The first-order chi connectivity index (χ1) is 17.8. The highest BCUT2D eigenvalue weighted by Gasteiger charge is 2.54. The molecule has 1 fully saturated rings. The van der Waals surface area contributed by atoms with Crippen molar-refractivity contribution in [1.82, 2.24) is 9.62 Å². The van der Waals surface area contributed by atoms with Crippen LogP contribution in [0.15, 0.2) is 83.8 Å². The van der Waals surface area contributed by atoms with Crippen LogP contribution in [-0.4, -0.2) is 44.9 Å². The smallest absolute Gasteiger partial charge is 0.310 e. The van der Waals surface area contributed by atoms with Gasteiger partial charge in [-0.05, 0) is 53.9 Å². The van der Waals surface area contributed by atoms with Crippen molar-refractivity contribution in [2.75, 3.05) is 14.2 Å². The number of hydrogen-bond acceptors (Lipinski definition) is 6. The minimum atomic E-state index is -4.19. The molecule has 37 heavy (non-hydrogen) atoms. The molecule has 10 heteroatoms. The Morgan fingerprint density at radius 1 is 0.973 bits per heavy atom. The first-order valence-corrected chi connectivity index (χ1v) is 13.4. The molecule has 0 radical (unpaired) electrons. The normalized spacial score (nSPS) is 19.8. The highest BCUT2D eigenvalue weighted by molar-refractivity contribution is 7.89. The fraction of sp³-hybridized carbons (Fsp3) is 0.259. The van der Waals surface area contributed by atoms with E-state index < -0.39 is 39.9 Å². The maximum Gasteiger partial charge on any atom is 0.310 e. The summed E-state index contributed by atoms with van der Waals surface area (Å²) in [4.78, 5) is 26.4. The van der Waals surface area contributed by atoms with Gasteiger partial charge in [0.25, 0.3) is 0 Å². The highest BCUT2D eigenvalue weighted by Crippen LogP contribution is 2.45. The fourth-order valence-electron chi connectivity index (χ4n) is 4.56. The van der Waals surface area contributed by atoms with E-state index in [1.165, 1.54) is 19.2 Å². The number of halogens is 1. The molecule has 1 aliphatic heterocycles. The quantitative estimate of drug-likeness (QED) is 0.432. The Morgan fingerprint density at radius 2 is 1.62 bits per heavy atom. The summed E-state index contributed by atoms with van der Waals surface area (Å²) >= 11 is 6.07. The van der Waals surface area contributed by atoms with Crippen LogP contribution in [0.25, 0.3) is 0 Å². The molecule has 1 amide bonds. The second-order valence-corrected chi connectivity index (χ2v) is 10.9. The second kappa shape index (κ2) is 11.3. The van der Waals surface area contributed by atoms with Crippen LogP contribution in [0.2, 0.25) is 5.02 Å². The summed E-state index contributed by atoms with van der Waals surface area (Å²) in [5.41, 5.74) is 1.34. The molecule has 3 aromatic carbocycles. The first-order valence-electron chi connectivity index (χ1n) is 11.6. The van der Waals surface area contributed by atoms with Crippen LogP contribution in [0.3, 0.4) is 0 Å². The average Bonchev–Trinajstić information content (AvgIpc) is 3.34. The predicted molar refractivity (Wildman–Crippen MR) is 138 cm³/mol. The van der Waals surface area contributed by atoms with Gasteiger partial charge in [-0.3, -0.25) is 9.59 Å². The number of hydrogen-bond donors (Lipinski definition) is 1. The van der Waals surface area contributed by atoms with Crippen molar-refractivity contribution < 1.29 is 27.5 Å². The molecular formula is C27H27ClN2O6S. The number of rotatable bonds is 8. The van der Waals surface area contributed by atoms with E-state index in [4.69, 9.17) is 21.1 Å². The molecule has 3 aromatic rings. The van der Waals surface area contributed by atoms with Crippen molar-refractivity contribution in [2.24, 2.45) is 5.92 Å². The molecule has 194 valence electrons. The number of sulfonamides is 1. The Labute approximate surface area is 221 Å². The Bertz CT molecular complexity index is 1350. The Balaban J connectivity index is 1.73. The van der Waals surface area contributed by atoms with Crippen molar-refractivity contribution in [1.29, 1.82) is 0 Å². The highest BCUT2D eigenvalue weighted by atomic mass is 35.5. The molecule has 3 atom stereocenters. The summed E-state index contributed by atoms with van der Waals surface area (Å²) in [6.07, 6.45) is -0.0412. The van der Waals surface area contributed by atoms with Crippen molar-refractivity contribution >= 4 is 33.5 Å². The van der Waals surface area contributed by atoms with Gasteiger partial charge in [0.2, 0.25) is 15.9 Å². The van der Waals surface area contributed by atoms with E-state index in [0.29, 0.717) is 16.3 Å². The van der Waals surface area contributed by atoms with Gasteiger partial charge in [-0.2, -0.15) is 4.31 Å². The number of esters is 1. The predicted octanol–water partition coefficient (Wildman–Crippen LogP) is 3.96. The number of nitrogens with zero attached hydrogens (tertiary/aromatic N) is 1. The number of nitrogens with one attached hydrogen (secondary N) is 1. The molecule has 1 aliphatic rings. The molecular weight excluding hydrogens is 516 g/mol. The van der Waals surface area contributed by atoms with Gasteiger partial charge < -0.3 is 14.8 Å². The summed E-state index contributed by atoms with van der Waals surface area (Å²) in [7, 11) is -1.38. The number of benzene rings is 3. The lowest BCUT2D eigenvalue weighted by atomic mass is 9.93. The molecule has 3 unspecified atom stereocenters. The van der Waals surface area contributed by atoms with Crippen LogP contribution in [0, 0.1) is 5.92 Å². The number of carbonyl (C=O) groups excluding carboxylic acids is 2. The molecule has 8 nitrogen and oxygen atoms in total. The molecule has 4 rings (SSSR count). The van der Waals surface area contributed by atoms with E-state index in [0.717, 1.165) is 9.87 Å². The monoisotopic (exact) mass is 542 g/mol. The third kappa shape index (κ3) is 5.64. The summed E-state index contributed by atoms with van der Waals surface area (Å²) < 4.78 is 39.2. The Hall–Kier alpha value is -3.40. The number of amides is 1. The average molecular weight is 543 g/mol. The Morgan fingerprint density at radius 3 is 2.22 bits per heavy atom. The number of carbonyl (C=O) groups is 2. The van der Waals surface area contributed by atoms with Gasteiger partial charge in [0, 0.05) is 11.6 Å². The largest absolute Gasteiger partial charge is 0.497 e. The lowest BCUT2D eigenvalue weighted by Crippen LogP contribution is -2.46. The van der Waals surface area contributed by atoms with Gasteiger partial charge in [0.1, 0.15) is 11.8 Å². The zero-order valence-corrected chi connectivity index (χ0v) is 21.9. The summed E-state index contributed by atoms with van der Waals surface area (Å²) in [5.74, 6) is -1.33. The van der Waals surface area contributed by atoms with E-state index >= 15 is 0 Å². The van der Waals surface area contributed by atoms with Gasteiger partial charge in [0.15, 0.2) is 0 Å². The van der Waals surface area contributed by atoms with Gasteiger partial charge in [-0.25, -0.2) is 8.42 Å². The van der Waals surface area contributed by atoms with E-state index in [1.807, 2.05) is 0 Å². The molecule has 0 saturated carbocycles. The maximum atomic E-state index is 14.0. The van der Waals surface area contributed by atoms with Crippen LogP contribution in [-0.2, 0) is 30.9 Å². The standard InChI is InChI=1S/C27H27ClN2O6S/c1-35-21-14-8-18(9-15-21)17-29-26(31)24-16-23(27(32)36-2)25(19-10-12-20(28)13-11-19)30(24)37(33,34)22-6-4-3-5-7-22/h3-15,23-25H,16-17H2,1-2H3,(H,29,31). The van der Waals surface area contributed by atoms with Gasteiger partial charge >= 0.3 is 5.97 Å². The Kier molecular flexibility index (Phi) is 8.16.